The molecular weight excluding hydrogens is 228 g/mol. The Morgan fingerprint density at radius 1 is 1.33 bits per heavy atom. The summed E-state index contributed by atoms with van der Waals surface area (Å²) in [6.45, 7) is 2.40. The van der Waals surface area contributed by atoms with Crippen LogP contribution in [-0.2, 0) is 9.53 Å². The number of hydrogen-bond donors (Lipinski definition) is 1. The van der Waals surface area contributed by atoms with Crippen molar-refractivity contribution in [3.8, 4) is 0 Å². The lowest BCUT2D eigenvalue weighted by atomic mass is 10.2. The van der Waals surface area contributed by atoms with Gasteiger partial charge >= 0.3 is 5.97 Å². The standard InChI is InChI=1S/C15H18O3/c1-2-3-11-18-15(17)14(12-16)10-9-13-7-5-4-6-8-13/h4-10,12,16H,2-3,11H2,1H3. The molecule has 0 saturated carbocycles. The van der Waals surface area contributed by atoms with Crippen molar-refractivity contribution in [1.29, 1.82) is 0 Å². The van der Waals surface area contributed by atoms with Gasteiger partial charge in [-0.3, -0.25) is 0 Å². The van der Waals surface area contributed by atoms with Gasteiger partial charge in [0.2, 0.25) is 0 Å². The van der Waals surface area contributed by atoms with E-state index in [0.29, 0.717) is 6.61 Å². The first kappa shape index (κ1) is 14.0. The number of ether oxygens (including phenoxy) is 1. The lowest BCUT2D eigenvalue weighted by Gasteiger charge is -2.03. The Hall–Kier alpha value is -2.03. The summed E-state index contributed by atoms with van der Waals surface area (Å²) in [5.74, 6) is -0.502. The minimum absolute atomic E-state index is 0.148. The normalized spacial score (nSPS) is 11.7. The summed E-state index contributed by atoms with van der Waals surface area (Å²) in [5.41, 5.74) is 1.10. The molecule has 0 aliphatic rings. The molecule has 3 heteroatoms. The van der Waals surface area contributed by atoms with Gasteiger partial charge in [-0.1, -0.05) is 49.8 Å². The second-order valence-corrected chi connectivity index (χ2v) is 3.82. The van der Waals surface area contributed by atoms with Crippen LogP contribution in [0.25, 0.3) is 6.08 Å². The number of carbonyl (C=O) groups excluding carboxylic acids is 1. The Bertz CT molecular complexity index is 419. The molecule has 0 spiro atoms. The van der Waals surface area contributed by atoms with Crippen LogP contribution in [0.2, 0.25) is 0 Å². The monoisotopic (exact) mass is 246 g/mol. The fraction of sp³-hybridized carbons (Fsp3) is 0.267. The number of aliphatic hydroxyl groups is 1. The molecule has 0 heterocycles. The third kappa shape index (κ3) is 4.87. The average molecular weight is 246 g/mol. The van der Waals surface area contributed by atoms with E-state index in [4.69, 9.17) is 9.84 Å². The van der Waals surface area contributed by atoms with Crippen LogP contribution in [0.15, 0.2) is 48.2 Å². The number of aliphatic hydroxyl groups excluding tert-OH is 1. The fourth-order valence-corrected chi connectivity index (χ4v) is 1.31. The number of esters is 1. The van der Waals surface area contributed by atoms with Crippen LogP contribution in [0, 0.1) is 0 Å². The number of hydrogen-bond acceptors (Lipinski definition) is 3. The lowest BCUT2D eigenvalue weighted by Crippen LogP contribution is -2.07. The van der Waals surface area contributed by atoms with E-state index >= 15 is 0 Å². The zero-order valence-electron chi connectivity index (χ0n) is 10.5. The third-order valence-electron chi connectivity index (χ3n) is 2.36. The maximum Gasteiger partial charge on any atom is 0.341 e. The molecule has 18 heavy (non-hydrogen) atoms. The van der Waals surface area contributed by atoms with Crippen LogP contribution < -0.4 is 0 Å². The van der Waals surface area contributed by atoms with Gasteiger partial charge in [0.1, 0.15) is 0 Å². The Morgan fingerprint density at radius 2 is 2.06 bits per heavy atom. The van der Waals surface area contributed by atoms with Gasteiger partial charge in [-0.05, 0) is 18.1 Å². The number of rotatable bonds is 6. The zero-order valence-corrected chi connectivity index (χ0v) is 10.5. The van der Waals surface area contributed by atoms with Crippen LogP contribution in [0.4, 0.5) is 0 Å². The molecule has 0 radical (unpaired) electrons. The SMILES string of the molecule is CCCCOC(=O)C(C=Cc1ccccc1)=CO. The van der Waals surface area contributed by atoms with Gasteiger partial charge < -0.3 is 9.84 Å². The minimum Gasteiger partial charge on any atom is -0.515 e. The summed E-state index contributed by atoms with van der Waals surface area (Å²) in [6, 6.07) is 9.55. The zero-order chi connectivity index (χ0) is 13.2. The fourth-order valence-electron chi connectivity index (χ4n) is 1.31. The summed E-state index contributed by atoms with van der Waals surface area (Å²) in [6.07, 6.45) is 5.86. The first-order valence-corrected chi connectivity index (χ1v) is 6.02. The molecular formula is C15H18O3. The summed E-state index contributed by atoms with van der Waals surface area (Å²) in [5, 5.41) is 9.02. The van der Waals surface area contributed by atoms with Crippen LogP contribution in [0.3, 0.4) is 0 Å². The Kier molecular flexibility index (Phi) is 6.33. The summed E-state index contributed by atoms with van der Waals surface area (Å²) < 4.78 is 5.01. The lowest BCUT2D eigenvalue weighted by molar-refractivity contribution is -0.138. The summed E-state index contributed by atoms with van der Waals surface area (Å²) in [4.78, 5) is 11.6. The molecule has 3 nitrogen and oxygen atoms in total. The quantitative estimate of drug-likeness (QED) is 0.275. The van der Waals surface area contributed by atoms with Gasteiger partial charge in [-0.15, -0.1) is 0 Å². The van der Waals surface area contributed by atoms with Gasteiger partial charge in [0.15, 0.2) is 0 Å². The summed E-state index contributed by atoms with van der Waals surface area (Å²) in [7, 11) is 0. The predicted octanol–water partition coefficient (Wildman–Crippen LogP) is 3.49. The molecule has 0 unspecified atom stereocenters. The van der Waals surface area contributed by atoms with Gasteiger partial charge in [0.25, 0.3) is 0 Å². The second-order valence-electron chi connectivity index (χ2n) is 3.82. The van der Waals surface area contributed by atoms with E-state index in [2.05, 4.69) is 0 Å². The smallest absolute Gasteiger partial charge is 0.341 e. The van der Waals surface area contributed by atoms with E-state index in [1.165, 1.54) is 0 Å². The second kappa shape index (κ2) is 8.12. The molecule has 0 aromatic heterocycles. The molecule has 0 fully saturated rings. The van der Waals surface area contributed by atoms with Gasteiger partial charge in [0, 0.05) is 0 Å². The molecule has 1 aromatic rings. The van der Waals surface area contributed by atoms with Crippen molar-refractivity contribution in [2.45, 2.75) is 19.8 Å². The first-order chi connectivity index (χ1) is 8.77. The molecule has 0 amide bonds. The molecule has 1 rings (SSSR count). The molecule has 0 aliphatic carbocycles. The minimum atomic E-state index is -0.502. The van der Waals surface area contributed by atoms with Crippen molar-refractivity contribution in [1.82, 2.24) is 0 Å². The highest BCUT2D eigenvalue weighted by Crippen LogP contribution is 2.06. The van der Waals surface area contributed by atoms with Crippen molar-refractivity contribution in [2.75, 3.05) is 6.61 Å². The molecule has 1 N–H and O–H groups in total. The van der Waals surface area contributed by atoms with Crippen molar-refractivity contribution in [2.24, 2.45) is 0 Å². The van der Waals surface area contributed by atoms with Crippen LogP contribution >= 0.6 is 0 Å². The maximum absolute atomic E-state index is 11.6. The Labute approximate surface area is 107 Å². The molecule has 96 valence electrons. The Balaban J connectivity index is 2.57. The highest BCUT2D eigenvalue weighted by atomic mass is 16.5. The van der Waals surface area contributed by atoms with E-state index < -0.39 is 5.97 Å². The molecule has 1 aromatic carbocycles. The molecule has 0 atom stereocenters. The number of carbonyl (C=O) groups is 1. The van der Waals surface area contributed by atoms with E-state index in [-0.39, 0.29) is 5.57 Å². The topological polar surface area (TPSA) is 46.5 Å². The van der Waals surface area contributed by atoms with E-state index in [1.54, 1.807) is 12.2 Å². The van der Waals surface area contributed by atoms with Crippen molar-refractivity contribution in [3.63, 3.8) is 0 Å². The van der Waals surface area contributed by atoms with E-state index in [1.807, 2.05) is 37.3 Å². The van der Waals surface area contributed by atoms with Gasteiger partial charge in [-0.25, -0.2) is 4.79 Å². The van der Waals surface area contributed by atoms with Gasteiger partial charge in [0.05, 0.1) is 18.4 Å². The third-order valence-corrected chi connectivity index (χ3v) is 2.36. The summed E-state index contributed by atoms with van der Waals surface area (Å²) >= 11 is 0. The maximum atomic E-state index is 11.6. The van der Waals surface area contributed by atoms with E-state index in [9.17, 15) is 4.79 Å². The highest BCUT2D eigenvalue weighted by Gasteiger charge is 2.07. The number of benzene rings is 1. The largest absolute Gasteiger partial charge is 0.515 e. The molecule has 0 bridgehead atoms. The predicted molar refractivity (Wildman–Crippen MR) is 72.1 cm³/mol. The van der Waals surface area contributed by atoms with Crippen molar-refractivity contribution in [3.05, 3.63) is 53.8 Å². The number of unbranched alkanes of at least 4 members (excludes halogenated alkanes) is 1. The van der Waals surface area contributed by atoms with Crippen LogP contribution in [0.1, 0.15) is 25.3 Å². The van der Waals surface area contributed by atoms with Crippen molar-refractivity contribution >= 4 is 12.0 Å². The Morgan fingerprint density at radius 3 is 2.67 bits per heavy atom. The van der Waals surface area contributed by atoms with Crippen molar-refractivity contribution < 1.29 is 14.6 Å². The van der Waals surface area contributed by atoms with Crippen LogP contribution in [0.5, 0.6) is 0 Å². The average Bonchev–Trinajstić information content (AvgIpc) is 2.41. The molecule has 0 aliphatic heterocycles. The van der Waals surface area contributed by atoms with E-state index in [0.717, 1.165) is 24.7 Å². The van der Waals surface area contributed by atoms with Crippen LogP contribution in [-0.4, -0.2) is 17.7 Å². The first-order valence-electron chi connectivity index (χ1n) is 6.02. The molecule has 0 saturated heterocycles. The highest BCUT2D eigenvalue weighted by molar-refractivity contribution is 5.92. The van der Waals surface area contributed by atoms with Gasteiger partial charge in [-0.2, -0.15) is 0 Å².